The van der Waals surface area contributed by atoms with Gasteiger partial charge in [-0.15, -0.1) is 11.3 Å². The molecule has 5 aromatic rings. The van der Waals surface area contributed by atoms with Gasteiger partial charge in [0.1, 0.15) is 21.7 Å². The molecule has 1 fully saturated rings. The molecule has 0 amide bonds. The smallest absolute Gasteiger partial charge is 0.328 e. The molecule has 0 spiro atoms. The number of aromatic nitrogens is 3. The summed E-state index contributed by atoms with van der Waals surface area (Å²) in [5.41, 5.74) is 3.62. The van der Waals surface area contributed by atoms with Gasteiger partial charge in [0, 0.05) is 30.1 Å². The number of rotatable bonds is 7. The van der Waals surface area contributed by atoms with Crippen LogP contribution in [0.4, 0.5) is 0 Å². The summed E-state index contributed by atoms with van der Waals surface area (Å²) in [7, 11) is 1.72. The van der Waals surface area contributed by atoms with E-state index in [0.717, 1.165) is 73.0 Å². The number of ether oxygens (including phenoxy) is 2. The molecule has 9 heteroatoms. The lowest BCUT2D eigenvalue weighted by molar-refractivity contribution is 0.0902. The third kappa shape index (κ3) is 4.73. The number of benzene rings is 2. The number of methoxy groups -OCH3 is 1. The fraction of sp³-hybridized carbons (Fsp3) is 0.344. The lowest BCUT2D eigenvalue weighted by atomic mass is 9.78. The molecule has 0 saturated carbocycles. The van der Waals surface area contributed by atoms with E-state index in [4.69, 9.17) is 14.5 Å². The van der Waals surface area contributed by atoms with Crippen LogP contribution in [0.2, 0.25) is 0 Å². The average Bonchev–Trinajstić information content (AvgIpc) is 3.38. The summed E-state index contributed by atoms with van der Waals surface area (Å²) in [6.07, 6.45) is 2.74. The summed E-state index contributed by atoms with van der Waals surface area (Å²) in [6.45, 7) is 4.06. The molecule has 0 radical (unpaired) electrons. The Morgan fingerprint density at radius 3 is 2.76 bits per heavy atom. The van der Waals surface area contributed by atoms with Crippen molar-refractivity contribution >= 4 is 31.8 Å². The molecule has 2 aliphatic heterocycles. The van der Waals surface area contributed by atoms with Crippen molar-refractivity contribution in [2.24, 2.45) is 5.92 Å². The number of fused-ring (bicyclic) bond motifs is 6. The molecule has 0 bridgehead atoms. The van der Waals surface area contributed by atoms with Crippen molar-refractivity contribution in [3.05, 3.63) is 87.1 Å². The van der Waals surface area contributed by atoms with Crippen LogP contribution in [0, 0.1) is 5.92 Å². The molecule has 2 atom stereocenters. The molecule has 0 aliphatic carbocycles. The number of piperidine rings is 1. The van der Waals surface area contributed by atoms with E-state index in [-0.39, 0.29) is 11.2 Å². The van der Waals surface area contributed by atoms with Crippen molar-refractivity contribution in [2.45, 2.75) is 31.7 Å². The maximum atomic E-state index is 13.4. The number of H-pyrrole nitrogens is 1. The third-order valence-corrected chi connectivity index (χ3v) is 9.65. The highest BCUT2D eigenvalue weighted by Crippen LogP contribution is 2.46. The van der Waals surface area contributed by atoms with Crippen molar-refractivity contribution < 1.29 is 9.47 Å². The fourth-order valence-electron chi connectivity index (χ4n) is 6.46. The fourth-order valence-corrected chi connectivity index (χ4v) is 7.51. The van der Waals surface area contributed by atoms with Crippen LogP contribution in [0.5, 0.6) is 11.5 Å². The SMILES string of the molecule is COc1cccc2c1[C@@H]1CCN(CCCCn3c(=O)[nH]c4c(sc5ccc(-c6ccccc6)nc54)c3=O)C[C@H]1CO2. The van der Waals surface area contributed by atoms with E-state index >= 15 is 0 Å². The minimum Gasteiger partial charge on any atom is -0.496 e. The van der Waals surface area contributed by atoms with E-state index in [1.807, 2.05) is 60.7 Å². The molecule has 5 heterocycles. The number of thiophene rings is 1. The van der Waals surface area contributed by atoms with Gasteiger partial charge in [-0.1, -0.05) is 36.4 Å². The van der Waals surface area contributed by atoms with Crippen molar-refractivity contribution in [1.29, 1.82) is 0 Å². The standard InChI is InChI=1S/C32H32N4O4S/c1-39-24-10-7-11-25-27(24)22-14-17-35(18-21(22)19-40-25)15-5-6-16-36-31(37)30-29(34-32(36)38)28-26(41-30)13-12-23(33-28)20-8-3-2-4-9-20/h2-4,7-13,21-22H,5-6,14-19H2,1H3,(H,34,38)/t21-,22+/m0/s1. The van der Waals surface area contributed by atoms with E-state index in [1.54, 1.807) is 7.11 Å². The molecule has 7 rings (SSSR count). The summed E-state index contributed by atoms with van der Waals surface area (Å²) in [4.78, 5) is 36.6. The quantitative estimate of drug-likeness (QED) is 0.270. The van der Waals surface area contributed by atoms with Gasteiger partial charge in [0.15, 0.2) is 0 Å². The minimum atomic E-state index is -0.373. The predicted molar refractivity (Wildman–Crippen MR) is 162 cm³/mol. The Labute approximate surface area is 241 Å². The maximum absolute atomic E-state index is 13.4. The van der Waals surface area contributed by atoms with Gasteiger partial charge in [0.25, 0.3) is 5.56 Å². The number of hydrogen-bond donors (Lipinski definition) is 1. The Kier molecular flexibility index (Phi) is 6.84. The molecule has 210 valence electrons. The zero-order valence-electron chi connectivity index (χ0n) is 23.0. The van der Waals surface area contributed by atoms with Gasteiger partial charge in [0.2, 0.25) is 0 Å². The molecular weight excluding hydrogens is 536 g/mol. The zero-order chi connectivity index (χ0) is 27.9. The first-order valence-electron chi connectivity index (χ1n) is 14.2. The molecule has 41 heavy (non-hydrogen) atoms. The normalized spacial score (nSPS) is 18.7. The number of pyridine rings is 1. The van der Waals surface area contributed by atoms with Crippen molar-refractivity contribution in [3.63, 3.8) is 0 Å². The van der Waals surface area contributed by atoms with Crippen LogP contribution in [-0.4, -0.2) is 52.8 Å². The lowest BCUT2D eigenvalue weighted by Crippen LogP contribution is -2.44. The van der Waals surface area contributed by atoms with Crippen LogP contribution >= 0.6 is 11.3 Å². The number of likely N-dealkylation sites (tertiary alicyclic amines) is 1. The maximum Gasteiger partial charge on any atom is 0.328 e. The minimum absolute atomic E-state index is 0.235. The van der Waals surface area contributed by atoms with Gasteiger partial charge >= 0.3 is 5.69 Å². The highest BCUT2D eigenvalue weighted by molar-refractivity contribution is 7.25. The van der Waals surface area contributed by atoms with Crippen LogP contribution in [0.25, 0.3) is 31.7 Å². The summed E-state index contributed by atoms with van der Waals surface area (Å²) >= 11 is 1.39. The van der Waals surface area contributed by atoms with Gasteiger partial charge in [-0.3, -0.25) is 9.36 Å². The monoisotopic (exact) mass is 568 g/mol. The third-order valence-electron chi connectivity index (χ3n) is 8.51. The van der Waals surface area contributed by atoms with Gasteiger partial charge in [-0.25, -0.2) is 9.78 Å². The van der Waals surface area contributed by atoms with Crippen LogP contribution in [0.1, 0.15) is 30.7 Å². The Morgan fingerprint density at radius 2 is 1.90 bits per heavy atom. The Morgan fingerprint density at radius 1 is 1.05 bits per heavy atom. The molecule has 0 unspecified atom stereocenters. The van der Waals surface area contributed by atoms with Crippen LogP contribution < -0.4 is 20.7 Å². The molecule has 2 aliphatic rings. The Balaban J connectivity index is 1.02. The summed E-state index contributed by atoms with van der Waals surface area (Å²) in [5.74, 6) is 2.76. The van der Waals surface area contributed by atoms with Gasteiger partial charge in [-0.2, -0.15) is 0 Å². The largest absolute Gasteiger partial charge is 0.496 e. The number of nitrogens with one attached hydrogen (secondary N) is 1. The van der Waals surface area contributed by atoms with Crippen molar-refractivity contribution in [2.75, 3.05) is 33.4 Å². The molecule has 1 N–H and O–H groups in total. The lowest BCUT2D eigenvalue weighted by Gasteiger charge is -2.42. The highest BCUT2D eigenvalue weighted by atomic mass is 32.1. The second kappa shape index (κ2) is 10.8. The molecule has 3 aromatic heterocycles. The topological polar surface area (TPSA) is 89.5 Å². The van der Waals surface area contributed by atoms with E-state index < -0.39 is 0 Å². The van der Waals surface area contributed by atoms with Crippen molar-refractivity contribution in [1.82, 2.24) is 19.4 Å². The molecule has 8 nitrogen and oxygen atoms in total. The Bertz CT molecular complexity index is 1830. The van der Waals surface area contributed by atoms with Crippen molar-refractivity contribution in [3.8, 4) is 22.8 Å². The second-order valence-electron chi connectivity index (χ2n) is 10.9. The van der Waals surface area contributed by atoms with E-state index in [2.05, 4.69) is 9.88 Å². The van der Waals surface area contributed by atoms with E-state index in [0.29, 0.717) is 34.1 Å². The summed E-state index contributed by atoms with van der Waals surface area (Å²) in [5, 5.41) is 0. The molecular formula is C32H32N4O4S. The van der Waals surface area contributed by atoms with Crippen LogP contribution in [0.15, 0.2) is 70.3 Å². The second-order valence-corrected chi connectivity index (χ2v) is 12.0. The first kappa shape index (κ1) is 26.0. The van der Waals surface area contributed by atoms with Gasteiger partial charge < -0.3 is 19.4 Å². The first-order valence-corrected chi connectivity index (χ1v) is 15.1. The van der Waals surface area contributed by atoms with Gasteiger partial charge in [0.05, 0.1) is 29.6 Å². The Hall–Kier alpha value is -3.95. The number of nitrogens with zero attached hydrogens (tertiary/aromatic N) is 3. The first-order chi connectivity index (χ1) is 20.1. The number of hydrogen-bond acceptors (Lipinski definition) is 7. The molecule has 1 saturated heterocycles. The average molecular weight is 569 g/mol. The highest BCUT2D eigenvalue weighted by Gasteiger charge is 2.37. The van der Waals surface area contributed by atoms with E-state index in [9.17, 15) is 9.59 Å². The molecule has 2 aromatic carbocycles. The zero-order valence-corrected chi connectivity index (χ0v) is 23.8. The summed E-state index contributed by atoms with van der Waals surface area (Å²) < 4.78 is 14.5. The van der Waals surface area contributed by atoms with Crippen LogP contribution in [-0.2, 0) is 6.54 Å². The number of aromatic amines is 1. The predicted octanol–water partition coefficient (Wildman–Crippen LogP) is 5.25. The summed E-state index contributed by atoms with van der Waals surface area (Å²) in [6, 6.07) is 19.9. The number of unbranched alkanes of at least 4 members (excludes halogenated alkanes) is 1. The van der Waals surface area contributed by atoms with Crippen LogP contribution in [0.3, 0.4) is 0 Å². The van der Waals surface area contributed by atoms with Gasteiger partial charge in [-0.05, 0) is 62.5 Å². The van der Waals surface area contributed by atoms with E-state index in [1.165, 1.54) is 21.5 Å².